The van der Waals surface area contributed by atoms with E-state index in [0.29, 0.717) is 17.0 Å². The van der Waals surface area contributed by atoms with E-state index in [1.807, 2.05) is 38.2 Å². The lowest BCUT2D eigenvalue weighted by Gasteiger charge is -2.19. The molecule has 0 spiro atoms. The number of nitrogens with zero attached hydrogens (tertiary/aromatic N) is 1. The van der Waals surface area contributed by atoms with Gasteiger partial charge >= 0.3 is 0 Å². The van der Waals surface area contributed by atoms with E-state index in [4.69, 9.17) is 11.6 Å². The first-order valence-electron chi connectivity index (χ1n) is 6.69. The number of likely N-dealkylation sites (N-methyl/N-ethyl adjacent to an activating group) is 1. The monoisotopic (exact) mass is 304 g/mol. The van der Waals surface area contributed by atoms with Crippen LogP contribution in [0.4, 0.5) is 5.69 Å². The Kier molecular flexibility index (Phi) is 4.94. The second kappa shape index (κ2) is 6.70. The van der Waals surface area contributed by atoms with E-state index in [-0.39, 0.29) is 16.7 Å². The van der Waals surface area contributed by atoms with Gasteiger partial charge < -0.3 is 5.32 Å². The third-order valence-corrected chi connectivity index (χ3v) is 4.06. The fraction of sp³-hybridized carbons (Fsp3) is 0.250. The standard InChI is InChI=1S/C16H17ClN2O2/c1-11-13(7-5-8-14(11)17)15(18-2)10-12-6-3-4-9-16(12)19(20)21/h3-9,15,18H,10H2,1-2H3. The van der Waals surface area contributed by atoms with E-state index in [1.54, 1.807) is 12.1 Å². The van der Waals surface area contributed by atoms with Crippen LogP contribution in [-0.2, 0) is 6.42 Å². The fourth-order valence-corrected chi connectivity index (χ4v) is 2.63. The molecule has 2 aromatic carbocycles. The number of nitrogens with one attached hydrogen (secondary N) is 1. The van der Waals surface area contributed by atoms with E-state index in [0.717, 1.165) is 11.1 Å². The minimum absolute atomic E-state index is 0.0233. The molecule has 0 aromatic heterocycles. The van der Waals surface area contributed by atoms with Crippen LogP contribution in [0.25, 0.3) is 0 Å². The predicted molar refractivity (Wildman–Crippen MR) is 84.8 cm³/mol. The van der Waals surface area contributed by atoms with Gasteiger partial charge in [0.05, 0.1) is 4.92 Å². The maximum atomic E-state index is 11.1. The summed E-state index contributed by atoms with van der Waals surface area (Å²) in [5, 5.41) is 15.0. The largest absolute Gasteiger partial charge is 0.313 e. The van der Waals surface area contributed by atoms with Crippen molar-refractivity contribution in [3.8, 4) is 0 Å². The lowest BCUT2D eigenvalue weighted by Crippen LogP contribution is -2.20. The number of halogens is 1. The van der Waals surface area contributed by atoms with Crippen LogP contribution in [-0.4, -0.2) is 12.0 Å². The van der Waals surface area contributed by atoms with Gasteiger partial charge in [-0.3, -0.25) is 10.1 Å². The molecule has 21 heavy (non-hydrogen) atoms. The molecule has 0 fully saturated rings. The molecule has 0 aliphatic rings. The van der Waals surface area contributed by atoms with Gasteiger partial charge in [0.1, 0.15) is 0 Å². The number of hydrogen-bond donors (Lipinski definition) is 1. The molecule has 0 bridgehead atoms. The molecule has 0 amide bonds. The van der Waals surface area contributed by atoms with Gasteiger partial charge in [-0.05, 0) is 37.6 Å². The van der Waals surface area contributed by atoms with Crippen LogP contribution in [0.5, 0.6) is 0 Å². The Morgan fingerprint density at radius 2 is 1.95 bits per heavy atom. The molecule has 0 aliphatic heterocycles. The van der Waals surface area contributed by atoms with Crippen LogP contribution < -0.4 is 5.32 Å². The summed E-state index contributed by atoms with van der Waals surface area (Å²) in [6.07, 6.45) is 0.537. The van der Waals surface area contributed by atoms with Crippen molar-refractivity contribution in [2.75, 3.05) is 7.05 Å². The van der Waals surface area contributed by atoms with Crippen molar-refractivity contribution in [3.63, 3.8) is 0 Å². The molecule has 2 rings (SSSR count). The fourth-order valence-electron chi connectivity index (χ4n) is 2.45. The average Bonchev–Trinajstić information content (AvgIpc) is 2.48. The van der Waals surface area contributed by atoms with E-state index < -0.39 is 0 Å². The second-order valence-electron chi connectivity index (χ2n) is 4.89. The van der Waals surface area contributed by atoms with Crippen molar-refractivity contribution < 1.29 is 4.92 Å². The SMILES string of the molecule is CNC(Cc1ccccc1[N+](=O)[O-])c1cccc(Cl)c1C. The first-order chi connectivity index (χ1) is 10.0. The van der Waals surface area contributed by atoms with E-state index in [1.165, 1.54) is 6.07 Å². The summed E-state index contributed by atoms with van der Waals surface area (Å²) in [7, 11) is 1.85. The lowest BCUT2D eigenvalue weighted by molar-refractivity contribution is -0.385. The zero-order valence-corrected chi connectivity index (χ0v) is 12.7. The number of hydrogen-bond acceptors (Lipinski definition) is 3. The van der Waals surface area contributed by atoms with Crippen LogP contribution >= 0.6 is 11.6 Å². The maximum absolute atomic E-state index is 11.1. The third kappa shape index (κ3) is 3.40. The van der Waals surface area contributed by atoms with E-state index in [2.05, 4.69) is 5.32 Å². The number of rotatable bonds is 5. The van der Waals surface area contributed by atoms with Gasteiger partial charge in [-0.25, -0.2) is 0 Å². The Balaban J connectivity index is 2.36. The molecule has 0 aliphatic carbocycles. The third-order valence-electron chi connectivity index (χ3n) is 3.65. The summed E-state index contributed by atoms with van der Waals surface area (Å²) < 4.78 is 0. The van der Waals surface area contributed by atoms with Crippen LogP contribution in [0.3, 0.4) is 0 Å². The van der Waals surface area contributed by atoms with Gasteiger partial charge in [0.25, 0.3) is 5.69 Å². The first kappa shape index (κ1) is 15.5. The molecule has 0 radical (unpaired) electrons. The smallest absolute Gasteiger partial charge is 0.272 e. The number of benzene rings is 2. The second-order valence-corrected chi connectivity index (χ2v) is 5.29. The topological polar surface area (TPSA) is 55.2 Å². The molecule has 2 aromatic rings. The van der Waals surface area contributed by atoms with E-state index >= 15 is 0 Å². The van der Waals surface area contributed by atoms with Crippen LogP contribution in [0, 0.1) is 17.0 Å². The summed E-state index contributed by atoms with van der Waals surface area (Å²) in [5.74, 6) is 0. The van der Waals surface area contributed by atoms with Gasteiger partial charge in [0, 0.05) is 22.7 Å². The van der Waals surface area contributed by atoms with Gasteiger partial charge in [0.15, 0.2) is 0 Å². The zero-order chi connectivity index (χ0) is 15.4. The van der Waals surface area contributed by atoms with Crippen LogP contribution in [0.15, 0.2) is 42.5 Å². The average molecular weight is 305 g/mol. The van der Waals surface area contributed by atoms with Gasteiger partial charge in [0.2, 0.25) is 0 Å². The van der Waals surface area contributed by atoms with Gasteiger partial charge in [-0.2, -0.15) is 0 Å². The van der Waals surface area contributed by atoms with Crippen molar-refractivity contribution in [1.29, 1.82) is 0 Å². The summed E-state index contributed by atoms with van der Waals surface area (Å²) >= 11 is 6.16. The van der Waals surface area contributed by atoms with Crippen molar-refractivity contribution in [3.05, 3.63) is 74.3 Å². The van der Waals surface area contributed by atoms with E-state index in [9.17, 15) is 10.1 Å². The molecule has 1 N–H and O–H groups in total. The normalized spacial score (nSPS) is 12.1. The lowest BCUT2D eigenvalue weighted by atomic mass is 9.95. The minimum atomic E-state index is -0.340. The Morgan fingerprint density at radius 3 is 2.62 bits per heavy atom. The van der Waals surface area contributed by atoms with Crippen molar-refractivity contribution in [1.82, 2.24) is 5.32 Å². The highest BCUT2D eigenvalue weighted by Crippen LogP contribution is 2.29. The Morgan fingerprint density at radius 1 is 1.24 bits per heavy atom. The summed E-state index contributed by atoms with van der Waals surface area (Å²) in [6, 6.07) is 12.5. The van der Waals surface area contributed by atoms with Gasteiger partial charge in [-0.15, -0.1) is 0 Å². The maximum Gasteiger partial charge on any atom is 0.272 e. The molecule has 110 valence electrons. The molecule has 1 unspecified atom stereocenters. The molecular weight excluding hydrogens is 288 g/mol. The van der Waals surface area contributed by atoms with Crippen molar-refractivity contribution in [2.45, 2.75) is 19.4 Å². The molecule has 1 atom stereocenters. The van der Waals surface area contributed by atoms with Crippen molar-refractivity contribution in [2.24, 2.45) is 0 Å². The molecule has 0 heterocycles. The Labute approximate surface area is 128 Å². The van der Waals surface area contributed by atoms with Crippen molar-refractivity contribution >= 4 is 17.3 Å². The Bertz CT molecular complexity index is 658. The highest BCUT2D eigenvalue weighted by atomic mass is 35.5. The summed E-state index contributed by atoms with van der Waals surface area (Å²) in [5.41, 5.74) is 2.92. The zero-order valence-electron chi connectivity index (χ0n) is 12.0. The van der Waals surface area contributed by atoms with Gasteiger partial charge in [-0.1, -0.05) is 41.9 Å². The molecule has 5 heteroatoms. The highest BCUT2D eigenvalue weighted by molar-refractivity contribution is 6.31. The Hall–Kier alpha value is -1.91. The first-order valence-corrected chi connectivity index (χ1v) is 7.07. The molecule has 0 saturated carbocycles. The minimum Gasteiger partial charge on any atom is -0.313 e. The molecule has 0 saturated heterocycles. The predicted octanol–water partition coefficient (Wildman–Crippen LogP) is 4.06. The molecular formula is C16H17ClN2O2. The molecule has 4 nitrogen and oxygen atoms in total. The quantitative estimate of drug-likeness (QED) is 0.669. The summed E-state index contributed by atoms with van der Waals surface area (Å²) in [6.45, 7) is 1.96. The number of para-hydroxylation sites is 1. The summed E-state index contributed by atoms with van der Waals surface area (Å²) in [4.78, 5) is 10.8. The number of nitro benzene ring substituents is 1. The van der Waals surface area contributed by atoms with Crippen LogP contribution in [0.2, 0.25) is 5.02 Å². The van der Waals surface area contributed by atoms with Crippen LogP contribution in [0.1, 0.15) is 22.7 Å². The number of nitro groups is 1. The highest BCUT2D eigenvalue weighted by Gasteiger charge is 2.19.